The van der Waals surface area contributed by atoms with E-state index in [0.29, 0.717) is 0 Å². The van der Waals surface area contributed by atoms with Gasteiger partial charge >= 0.3 is 5.97 Å². The minimum Gasteiger partial charge on any atom is -0.478 e. The highest BCUT2D eigenvalue weighted by atomic mass is 16.4. The first kappa shape index (κ1) is 14.2. The average molecular weight is 212 g/mol. The van der Waals surface area contributed by atoms with E-state index in [1.165, 1.54) is 38.2 Å². The summed E-state index contributed by atoms with van der Waals surface area (Å²) in [5, 5.41) is 8.36. The first-order valence-corrected chi connectivity index (χ1v) is 6.06. The number of unbranched alkanes of at least 4 members (excludes halogenated alkanes) is 4. The third-order valence-corrected chi connectivity index (χ3v) is 2.78. The Bertz CT molecular complexity index is 185. The molecule has 2 heteroatoms. The lowest BCUT2D eigenvalue weighted by Gasteiger charge is -2.06. The van der Waals surface area contributed by atoms with E-state index in [-0.39, 0.29) is 0 Å². The molecule has 0 bridgehead atoms. The van der Waals surface area contributed by atoms with Crippen LogP contribution in [0.3, 0.4) is 0 Å². The Morgan fingerprint density at radius 3 is 2.53 bits per heavy atom. The van der Waals surface area contributed by atoms with Crippen molar-refractivity contribution in [1.29, 1.82) is 0 Å². The molecule has 2 nitrogen and oxygen atoms in total. The zero-order valence-corrected chi connectivity index (χ0v) is 10.0. The summed E-state index contributed by atoms with van der Waals surface area (Å²) in [5.41, 5.74) is 0. The molecule has 0 spiro atoms. The molecule has 0 aliphatic heterocycles. The van der Waals surface area contributed by atoms with Crippen LogP contribution in [0.15, 0.2) is 12.2 Å². The quantitative estimate of drug-likeness (QED) is 0.463. The van der Waals surface area contributed by atoms with Crippen molar-refractivity contribution < 1.29 is 9.90 Å². The van der Waals surface area contributed by atoms with Gasteiger partial charge in [0.05, 0.1) is 0 Å². The molecular weight excluding hydrogens is 188 g/mol. The van der Waals surface area contributed by atoms with Gasteiger partial charge in [0.25, 0.3) is 0 Å². The Morgan fingerprint density at radius 2 is 1.93 bits per heavy atom. The van der Waals surface area contributed by atoms with Gasteiger partial charge in [-0.25, -0.2) is 4.79 Å². The minimum atomic E-state index is -0.841. The van der Waals surface area contributed by atoms with E-state index in [1.54, 1.807) is 6.08 Å². The number of aliphatic carboxylic acids is 1. The summed E-state index contributed by atoms with van der Waals surface area (Å²) in [6.45, 7) is 4.54. The summed E-state index contributed by atoms with van der Waals surface area (Å²) < 4.78 is 0. The van der Waals surface area contributed by atoms with E-state index in [1.807, 2.05) is 0 Å². The minimum absolute atomic E-state index is 0.841. The van der Waals surface area contributed by atoms with Crippen molar-refractivity contribution >= 4 is 5.97 Å². The van der Waals surface area contributed by atoms with Crippen LogP contribution in [-0.2, 0) is 4.79 Å². The molecule has 1 unspecified atom stereocenters. The molecule has 0 aromatic rings. The molecular formula is C13H24O2. The Hall–Kier alpha value is -0.790. The lowest BCUT2D eigenvalue weighted by atomic mass is 10.00. The molecule has 0 aromatic carbocycles. The predicted octanol–water partition coefficient (Wildman–Crippen LogP) is 4.01. The first-order valence-electron chi connectivity index (χ1n) is 6.06. The SMILES string of the molecule is CCC(C)CCCCCCC=CC(=O)O. The van der Waals surface area contributed by atoms with Crippen LogP contribution < -0.4 is 0 Å². The van der Waals surface area contributed by atoms with Crippen LogP contribution in [0, 0.1) is 5.92 Å². The Kier molecular flexibility index (Phi) is 9.24. The standard InChI is InChI=1S/C13H24O2/c1-3-12(2)10-8-6-4-5-7-9-11-13(14)15/h9,11-12H,3-8,10H2,1-2H3,(H,14,15). The van der Waals surface area contributed by atoms with Crippen molar-refractivity contribution in [2.75, 3.05) is 0 Å². The Morgan fingerprint density at radius 1 is 1.27 bits per heavy atom. The van der Waals surface area contributed by atoms with Crippen molar-refractivity contribution in [2.24, 2.45) is 5.92 Å². The van der Waals surface area contributed by atoms with Crippen LogP contribution in [0.25, 0.3) is 0 Å². The molecule has 0 aliphatic rings. The number of hydrogen-bond donors (Lipinski definition) is 1. The van der Waals surface area contributed by atoms with Crippen LogP contribution in [0.4, 0.5) is 0 Å². The van der Waals surface area contributed by atoms with Crippen LogP contribution >= 0.6 is 0 Å². The topological polar surface area (TPSA) is 37.3 Å². The maximum atomic E-state index is 10.2. The fourth-order valence-corrected chi connectivity index (χ4v) is 1.50. The lowest BCUT2D eigenvalue weighted by Crippen LogP contribution is -1.91. The Balaban J connectivity index is 3.15. The van der Waals surface area contributed by atoms with E-state index in [4.69, 9.17) is 5.11 Å². The van der Waals surface area contributed by atoms with E-state index < -0.39 is 5.97 Å². The second-order valence-corrected chi connectivity index (χ2v) is 4.25. The first-order chi connectivity index (χ1) is 7.16. The van der Waals surface area contributed by atoms with Gasteiger partial charge < -0.3 is 5.11 Å². The Labute approximate surface area is 93.4 Å². The zero-order valence-electron chi connectivity index (χ0n) is 10.0. The van der Waals surface area contributed by atoms with Gasteiger partial charge in [0.1, 0.15) is 0 Å². The van der Waals surface area contributed by atoms with E-state index in [0.717, 1.165) is 18.8 Å². The largest absolute Gasteiger partial charge is 0.478 e. The van der Waals surface area contributed by atoms with Gasteiger partial charge in [-0.05, 0) is 18.8 Å². The number of allylic oxidation sites excluding steroid dienone is 1. The molecule has 0 heterocycles. The summed E-state index contributed by atoms with van der Waals surface area (Å²) in [6.07, 6.45) is 11.4. The molecule has 0 saturated heterocycles. The second kappa shape index (κ2) is 9.75. The highest BCUT2D eigenvalue weighted by molar-refractivity contribution is 5.79. The number of carboxylic acids is 1. The van der Waals surface area contributed by atoms with Gasteiger partial charge in [0.15, 0.2) is 0 Å². The highest BCUT2D eigenvalue weighted by Gasteiger charge is 1.97. The summed E-state index contributed by atoms with van der Waals surface area (Å²) in [6, 6.07) is 0. The van der Waals surface area contributed by atoms with Gasteiger partial charge in [-0.3, -0.25) is 0 Å². The summed E-state index contributed by atoms with van der Waals surface area (Å²) in [7, 11) is 0. The van der Waals surface area contributed by atoms with Crippen molar-refractivity contribution in [3.8, 4) is 0 Å². The van der Waals surface area contributed by atoms with E-state index in [2.05, 4.69) is 13.8 Å². The maximum absolute atomic E-state index is 10.2. The lowest BCUT2D eigenvalue weighted by molar-refractivity contribution is -0.131. The molecule has 0 saturated carbocycles. The normalized spacial score (nSPS) is 13.2. The van der Waals surface area contributed by atoms with Crippen molar-refractivity contribution in [3.05, 3.63) is 12.2 Å². The average Bonchev–Trinajstić information content (AvgIpc) is 2.21. The molecule has 0 aliphatic carbocycles. The highest BCUT2D eigenvalue weighted by Crippen LogP contribution is 2.13. The molecule has 88 valence electrons. The zero-order chi connectivity index (χ0) is 11.5. The molecule has 0 rings (SSSR count). The third kappa shape index (κ3) is 11.1. The second-order valence-electron chi connectivity index (χ2n) is 4.25. The van der Waals surface area contributed by atoms with Crippen molar-refractivity contribution in [2.45, 2.75) is 58.8 Å². The van der Waals surface area contributed by atoms with E-state index >= 15 is 0 Å². The fourth-order valence-electron chi connectivity index (χ4n) is 1.50. The molecule has 0 fully saturated rings. The van der Waals surface area contributed by atoms with Gasteiger partial charge in [0, 0.05) is 6.08 Å². The van der Waals surface area contributed by atoms with Crippen LogP contribution in [-0.4, -0.2) is 11.1 Å². The molecule has 1 atom stereocenters. The fraction of sp³-hybridized carbons (Fsp3) is 0.769. The summed E-state index contributed by atoms with van der Waals surface area (Å²) >= 11 is 0. The number of hydrogen-bond acceptors (Lipinski definition) is 1. The third-order valence-electron chi connectivity index (χ3n) is 2.78. The molecule has 15 heavy (non-hydrogen) atoms. The van der Waals surface area contributed by atoms with Gasteiger partial charge in [-0.1, -0.05) is 52.0 Å². The molecule has 1 N–H and O–H groups in total. The molecule has 0 amide bonds. The summed E-state index contributed by atoms with van der Waals surface area (Å²) in [5.74, 6) is 0.0173. The number of carbonyl (C=O) groups is 1. The van der Waals surface area contributed by atoms with Crippen LogP contribution in [0.1, 0.15) is 58.8 Å². The van der Waals surface area contributed by atoms with Crippen LogP contribution in [0.2, 0.25) is 0 Å². The smallest absolute Gasteiger partial charge is 0.327 e. The van der Waals surface area contributed by atoms with E-state index in [9.17, 15) is 4.79 Å². The number of carboxylic acid groups (broad SMARTS) is 1. The van der Waals surface area contributed by atoms with Gasteiger partial charge in [0.2, 0.25) is 0 Å². The van der Waals surface area contributed by atoms with Crippen molar-refractivity contribution in [1.82, 2.24) is 0 Å². The summed E-state index contributed by atoms with van der Waals surface area (Å²) in [4.78, 5) is 10.2. The number of rotatable bonds is 9. The maximum Gasteiger partial charge on any atom is 0.327 e. The van der Waals surface area contributed by atoms with Crippen LogP contribution in [0.5, 0.6) is 0 Å². The predicted molar refractivity (Wildman–Crippen MR) is 63.9 cm³/mol. The monoisotopic (exact) mass is 212 g/mol. The van der Waals surface area contributed by atoms with Gasteiger partial charge in [-0.2, -0.15) is 0 Å². The molecule has 0 radical (unpaired) electrons. The molecule has 0 aromatic heterocycles. The van der Waals surface area contributed by atoms with Crippen molar-refractivity contribution in [3.63, 3.8) is 0 Å². The van der Waals surface area contributed by atoms with Gasteiger partial charge in [-0.15, -0.1) is 0 Å².